The van der Waals surface area contributed by atoms with Gasteiger partial charge in [-0.25, -0.2) is 0 Å². The summed E-state index contributed by atoms with van der Waals surface area (Å²) in [6.45, 7) is 0. The highest BCUT2D eigenvalue weighted by atomic mass is 32.1. The van der Waals surface area contributed by atoms with E-state index in [2.05, 4.69) is 22.2 Å². The van der Waals surface area contributed by atoms with Gasteiger partial charge in [0.25, 0.3) is 0 Å². The molecule has 1 aromatic heterocycles. The van der Waals surface area contributed by atoms with Gasteiger partial charge < -0.3 is 0 Å². The fraction of sp³-hybridized carbons (Fsp3) is 0. The molecule has 1 aromatic carbocycles. The summed E-state index contributed by atoms with van der Waals surface area (Å²) >= 11 is 5.55. The van der Waals surface area contributed by atoms with E-state index >= 15 is 0 Å². The van der Waals surface area contributed by atoms with Crippen LogP contribution in [0.3, 0.4) is 0 Å². The molecule has 0 amide bonds. The van der Waals surface area contributed by atoms with E-state index < -0.39 is 0 Å². The summed E-state index contributed by atoms with van der Waals surface area (Å²) in [7, 11) is 0. The van der Waals surface area contributed by atoms with Gasteiger partial charge in [-0.2, -0.15) is 0 Å². The third kappa shape index (κ3) is 1.49. The molecule has 0 unspecified atom stereocenters. The minimum absolute atomic E-state index is 0.924. The van der Waals surface area contributed by atoms with Crippen molar-refractivity contribution >= 4 is 24.2 Å². The Morgan fingerprint density at radius 2 is 1.92 bits per heavy atom. The van der Waals surface area contributed by atoms with E-state index in [0.29, 0.717) is 0 Å². The predicted molar refractivity (Wildman–Crippen MR) is 52.6 cm³/mol. The average Bonchev–Trinajstić information content (AvgIpc) is 2.58. The van der Waals surface area contributed by atoms with Crippen molar-refractivity contribution in [2.75, 3.05) is 0 Å². The van der Waals surface area contributed by atoms with Crippen molar-refractivity contribution in [2.45, 2.75) is 4.90 Å². The Morgan fingerprint density at radius 3 is 2.50 bits per heavy atom. The minimum atomic E-state index is 0.924. The molecular weight excluding hydrogens is 188 g/mol. The summed E-state index contributed by atoms with van der Waals surface area (Å²) in [5, 5.41) is 5.88. The van der Waals surface area contributed by atoms with E-state index in [0.717, 1.165) is 16.2 Å². The SMILES string of the molecule is Sc1ccc(-c2csnn2)cc1. The van der Waals surface area contributed by atoms with Crippen LogP contribution in [0.15, 0.2) is 34.5 Å². The van der Waals surface area contributed by atoms with Gasteiger partial charge in [-0.05, 0) is 23.7 Å². The summed E-state index contributed by atoms with van der Waals surface area (Å²) in [4.78, 5) is 0.960. The first-order valence-corrected chi connectivity index (χ1v) is 4.71. The molecule has 12 heavy (non-hydrogen) atoms. The molecule has 60 valence electrons. The minimum Gasteiger partial charge on any atom is -0.143 e. The number of thiol groups is 1. The molecule has 0 atom stereocenters. The first-order valence-electron chi connectivity index (χ1n) is 3.43. The summed E-state index contributed by atoms with van der Waals surface area (Å²) < 4.78 is 3.79. The second-order valence-electron chi connectivity index (χ2n) is 2.34. The number of hydrogen-bond acceptors (Lipinski definition) is 4. The number of hydrogen-bond donors (Lipinski definition) is 1. The number of nitrogens with zero attached hydrogens (tertiary/aromatic N) is 2. The average molecular weight is 194 g/mol. The van der Waals surface area contributed by atoms with Crippen molar-refractivity contribution in [2.24, 2.45) is 0 Å². The number of benzene rings is 1. The lowest BCUT2D eigenvalue weighted by molar-refractivity contribution is 1.16. The zero-order valence-corrected chi connectivity index (χ0v) is 7.85. The smallest absolute Gasteiger partial charge is 0.105 e. The van der Waals surface area contributed by atoms with Gasteiger partial charge in [-0.15, -0.1) is 17.7 Å². The predicted octanol–water partition coefficient (Wildman–Crippen LogP) is 2.49. The maximum absolute atomic E-state index is 4.20. The van der Waals surface area contributed by atoms with Crippen LogP contribution >= 0.6 is 24.2 Å². The van der Waals surface area contributed by atoms with Crippen LogP contribution < -0.4 is 0 Å². The summed E-state index contributed by atoms with van der Waals surface area (Å²) in [6, 6.07) is 7.85. The lowest BCUT2D eigenvalue weighted by Gasteiger charge is -1.94. The maximum atomic E-state index is 4.20. The lowest BCUT2D eigenvalue weighted by atomic mass is 10.2. The summed E-state index contributed by atoms with van der Waals surface area (Å²) in [5.74, 6) is 0. The standard InChI is InChI=1S/C8H6N2S2/c11-7-3-1-6(2-4-7)8-5-12-10-9-8/h1-5,11H. The fourth-order valence-corrected chi connectivity index (χ4v) is 1.54. The zero-order valence-electron chi connectivity index (χ0n) is 6.14. The topological polar surface area (TPSA) is 25.8 Å². The highest BCUT2D eigenvalue weighted by Gasteiger charge is 1.98. The lowest BCUT2D eigenvalue weighted by Crippen LogP contribution is -1.76. The fourth-order valence-electron chi connectivity index (χ4n) is 0.923. The van der Waals surface area contributed by atoms with Crippen LogP contribution in [-0.4, -0.2) is 9.59 Å². The van der Waals surface area contributed by atoms with Crippen LogP contribution in [0.2, 0.25) is 0 Å². The van der Waals surface area contributed by atoms with Crippen LogP contribution in [-0.2, 0) is 0 Å². The Bertz CT molecular complexity index is 353. The second-order valence-corrected chi connectivity index (χ2v) is 3.46. The van der Waals surface area contributed by atoms with Gasteiger partial charge in [0.2, 0.25) is 0 Å². The quantitative estimate of drug-likeness (QED) is 0.706. The third-order valence-electron chi connectivity index (χ3n) is 1.52. The number of aromatic nitrogens is 2. The highest BCUT2D eigenvalue weighted by Crippen LogP contribution is 2.18. The molecule has 4 heteroatoms. The van der Waals surface area contributed by atoms with E-state index in [1.807, 2.05) is 29.6 Å². The van der Waals surface area contributed by atoms with Crippen LogP contribution in [0.1, 0.15) is 0 Å². The molecule has 1 heterocycles. The van der Waals surface area contributed by atoms with Crippen LogP contribution in [0, 0.1) is 0 Å². The van der Waals surface area contributed by atoms with Crippen molar-refractivity contribution in [3.8, 4) is 11.3 Å². The molecule has 0 bridgehead atoms. The van der Waals surface area contributed by atoms with E-state index in [9.17, 15) is 0 Å². The Kier molecular flexibility index (Phi) is 2.10. The normalized spacial score (nSPS) is 10.1. The first kappa shape index (κ1) is 7.76. The van der Waals surface area contributed by atoms with Crippen molar-refractivity contribution in [1.29, 1.82) is 0 Å². The molecule has 0 fully saturated rings. The maximum Gasteiger partial charge on any atom is 0.105 e. The molecule has 0 spiro atoms. The molecule has 0 aliphatic carbocycles. The van der Waals surface area contributed by atoms with Gasteiger partial charge >= 0.3 is 0 Å². The van der Waals surface area contributed by atoms with Crippen molar-refractivity contribution in [3.05, 3.63) is 29.6 Å². The van der Waals surface area contributed by atoms with Gasteiger partial charge in [0, 0.05) is 15.8 Å². The second kappa shape index (κ2) is 3.25. The third-order valence-corrected chi connectivity index (χ3v) is 2.33. The van der Waals surface area contributed by atoms with Crippen LogP contribution in [0.25, 0.3) is 11.3 Å². The van der Waals surface area contributed by atoms with Gasteiger partial charge in [-0.3, -0.25) is 0 Å². The Labute approximate surface area is 79.8 Å². The van der Waals surface area contributed by atoms with Gasteiger partial charge in [0.1, 0.15) is 5.69 Å². The molecule has 0 saturated carbocycles. The highest BCUT2D eigenvalue weighted by molar-refractivity contribution is 7.80. The molecular formula is C8H6N2S2. The number of rotatable bonds is 1. The largest absolute Gasteiger partial charge is 0.143 e. The van der Waals surface area contributed by atoms with E-state index in [1.54, 1.807) is 0 Å². The molecule has 2 nitrogen and oxygen atoms in total. The molecule has 2 rings (SSSR count). The molecule has 0 aliphatic heterocycles. The van der Waals surface area contributed by atoms with Gasteiger partial charge in [-0.1, -0.05) is 16.6 Å². The monoisotopic (exact) mass is 194 g/mol. The van der Waals surface area contributed by atoms with E-state index in [1.165, 1.54) is 11.5 Å². The Balaban J connectivity index is 2.43. The molecule has 0 aliphatic rings. The summed E-state index contributed by atoms with van der Waals surface area (Å²) in [6.07, 6.45) is 0. The van der Waals surface area contributed by atoms with Gasteiger partial charge in [0.05, 0.1) is 0 Å². The van der Waals surface area contributed by atoms with Gasteiger partial charge in [0.15, 0.2) is 0 Å². The van der Waals surface area contributed by atoms with Crippen molar-refractivity contribution in [1.82, 2.24) is 9.59 Å². The first-order chi connectivity index (χ1) is 5.86. The Morgan fingerprint density at radius 1 is 1.17 bits per heavy atom. The Hall–Kier alpha value is -0.870. The molecule has 0 saturated heterocycles. The molecule has 0 N–H and O–H groups in total. The van der Waals surface area contributed by atoms with E-state index in [4.69, 9.17) is 0 Å². The van der Waals surface area contributed by atoms with E-state index in [-0.39, 0.29) is 0 Å². The van der Waals surface area contributed by atoms with Crippen molar-refractivity contribution in [3.63, 3.8) is 0 Å². The van der Waals surface area contributed by atoms with Crippen molar-refractivity contribution < 1.29 is 0 Å². The summed E-state index contributed by atoms with van der Waals surface area (Å²) in [5.41, 5.74) is 2.01. The molecule has 0 radical (unpaired) electrons. The molecule has 2 aromatic rings. The van der Waals surface area contributed by atoms with Crippen LogP contribution in [0.5, 0.6) is 0 Å². The van der Waals surface area contributed by atoms with Crippen LogP contribution in [0.4, 0.5) is 0 Å². The zero-order chi connectivity index (χ0) is 8.39.